The standard InChI is InChI=1S/C19H18Cl2N2O4/c1-26-13-4-6-16(17(9-13)27-2)23-10-11(7-18(23)24)19(25)22-15-5-3-12(20)8-14(15)21/h3-6,8-9,11H,7,10H2,1-2H3,(H,22,25). The first kappa shape index (κ1) is 19.3. The monoisotopic (exact) mass is 408 g/mol. The fourth-order valence-electron chi connectivity index (χ4n) is 2.95. The number of amides is 2. The number of rotatable bonds is 5. The number of hydrogen-bond donors (Lipinski definition) is 1. The smallest absolute Gasteiger partial charge is 0.229 e. The van der Waals surface area contributed by atoms with Gasteiger partial charge in [-0.25, -0.2) is 0 Å². The molecule has 142 valence electrons. The van der Waals surface area contributed by atoms with Crippen molar-refractivity contribution in [1.29, 1.82) is 0 Å². The first-order chi connectivity index (χ1) is 12.9. The summed E-state index contributed by atoms with van der Waals surface area (Å²) in [6, 6.07) is 10.00. The molecule has 1 fully saturated rings. The van der Waals surface area contributed by atoms with Crippen LogP contribution in [0.5, 0.6) is 11.5 Å². The van der Waals surface area contributed by atoms with Gasteiger partial charge in [-0.15, -0.1) is 0 Å². The van der Waals surface area contributed by atoms with E-state index in [9.17, 15) is 9.59 Å². The molecule has 0 radical (unpaired) electrons. The fraction of sp³-hybridized carbons (Fsp3) is 0.263. The van der Waals surface area contributed by atoms with Gasteiger partial charge in [0.05, 0.1) is 36.5 Å². The van der Waals surface area contributed by atoms with Crippen LogP contribution in [0.15, 0.2) is 36.4 Å². The van der Waals surface area contributed by atoms with E-state index in [2.05, 4.69) is 5.32 Å². The van der Waals surface area contributed by atoms with Crippen molar-refractivity contribution in [1.82, 2.24) is 0 Å². The summed E-state index contributed by atoms with van der Waals surface area (Å²) in [5.74, 6) is 0.192. The van der Waals surface area contributed by atoms with Crippen molar-refractivity contribution in [3.05, 3.63) is 46.4 Å². The summed E-state index contributed by atoms with van der Waals surface area (Å²) in [4.78, 5) is 26.6. The molecule has 8 heteroatoms. The molecule has 0 aliphatic carbocycles. The van der Waals surface area contributed by atoms with Crippen LogP contribution in [0.4, 0.5) is 11.4 Å². The number of carbonyl (C=O) groups is 2. The number of ether oxygens (including phenoxy) is 2. The van der Waals surface area contributed by atoms with Crippen molar-refractivity contribution in [2.45, 2.75) is 6.42 Å². The molecule has 6 nitrogen and oxygen atoms in total. The van der Waals surface area contributed by atoms with Gasteiger partial charge in [-0.2, -0.15) is 0 Å². The maximum absolute atomic E-state index is 12.6. The maximum atomic E-state index is 12.6. The predicted molar refractivity (Wildman–Crippen MR) is 105 cm³/mol. The van der Waals surface area contributed by atoms with Crippen LogP contribution >= 0.6 is 23.2 Å². The molecule has 1 N–H and O–H groups in total. The summed E-state index contributed by atoms with van der Waals surface area (Å²) in [5.41, 5.74) is 1.06. The highest BCUT2D eigenvalue weighted by molar-refractivity contribution is 6.36. The second-order valence-electron chi connectivity index (χ2n) is 6.06. The molecule has 2 aromatic rings. The Kier molecular flexibility index (Phi) is 5.77. The minimum atomic E-state index is -0.504. The summed E-state index contributed by atoms with van der Waals surface area (Å²) >= 11 is 12.0. The molecule has 1 atom stereocenters. The van der Waals surface area contributed by atoms with Crippen LogP contribution in [-0.4, -0.2) is 32.6 Å². The molecule has 0 spiro atoms. The first-order valence-electron chi connectivity index (χ1n) is 8.21. The lowest BCUT2D eigenvalue weighted by Crippen LogP contribution is -2.28. The highest BCUT2D eigenvalue weighted by atomic mass is 35.5. The van der Waals surface area contributed by atoms with Gasteiger partial charge in [0.1, 0.15) is 11.5 Å². The van der Waals surface area contributed by atoms with Gasteiger partial charge in [0.15, 0.2) is 0 Å². The van der Waals surface area contributed by atoms with E-state index in [1.165, 1.54) is 7.11 Å². The molecule has 1 heterocycles. The van der Waals surface area contributed by atoms with Gasteiger partial charge in [-0.05, 0) is 30.3 Å². The quantitative estimate of drug-likeness (QED) is 0.811. The van der Waals surface area contributed by atoms with Gasteiger partial charge < -0.3 is 19.7 Å². The van der Waals surface area contributed by atoms with Gasteiger partial charge in [-0.1, -0.05) is 23.2 Å². The van der Waals surface area contributed by atoms with Crippen LogP contribution in [0.25, 0.3) is 0 Å². The third-order valence-electron chi connectivity index (χ3n) is 4.36. The van der Waals surface area contributed by atoms with Crippen LogP contribution in [0.3, 0.4) is 0 Å². The van der Waals surface area contributed by atoms with Crippen molar-refractivity contribution in [3.63, 3.8) is 0 Å². The van der Waals surface area contributed by atoms with Gasteiger partial charge in [0, 0.05) is 24.1 Å². The highest BCUT2D eigenvalue weighted by Gasteiger charge is 2.36. The normalized spacial score (nSPS) is 16.4. The van der Waals surface area contributed by atoms with Crippen LogP contribution in [0.1, 0.15) is 6.42 Å². The van der Waals surface area contributed by atoms with Crippen molar-refractivity contribution < 1.29 is 19.1 Å². The number of nitrogens with one attached hydrogen (secondary N) is 1. The van der Waals surface area contributed by atoms with E-state index in [-0.39, 0.29) is 24.8 Å². The van der Waals surface area contributed by atoms with Crippen molar-refractivity contribution in [2.24, 2.45) is 5.92 Å². The molecule has 0 saturated carbocycles. The average molecular weight is 409 g/mol. The Bertz CT molecular complexity index is 888. The molecule has 1 saturated heterocycles. The van der Waals surface area contributed by atoms with Crippen LogP contribution in [0, 0.1) is 5.92 Å². The highest BCUT2D eigenvalue weighted by Crippen LogP contribution is 2.36. The summed E-state index contributed by atoms with van der Waals surface area (Å²) in [6.07, 6.45) is 0.103. The molecule has 1 unspecified atom stereocenters. The van der Waals surface area contributed by atoms with Gasteiger partial charge in [-0.3, -0.25) is 9.59 Å². The molecule has 3 rings (SSSR count). The zero-order chi connectivity index (χ0) is 19.6. The fourth-order valence-corrected chi connectivity index (χ4v) is 3.41. The van der Waals surface area contributed by atoms with E-state index in [1.54, 1.807) is 48.4 Å². The van der Waals surface area contributed by atoms with E-state index in [1.807, 2.05) is 0 Å². The van der Waals surface area contributed by atoms with Crippen LogP contribution in [-0.2, 0) is 9.59 Å². The van der Waals surface area contributed by atoms with Gasteiger partial charge in [0.25, 0.3) is 0 Å². The second kappa shape index (κ2) is 8.06. The molecule has 0 bridgehead atoms. The lowest BCUT2D eigenvalue weighted by Gasteiger charge is -2.20. The first-order valence-corrected chi connectivity index (χ1v) is 8.97. The maximum Gasteiger partial charge on any atom is 0.229 e. The molecule has 2 aromatic carbocycles. The molecular formula is C19H18Cl2N2O4. The summed E-state index contributed by atoms with van der Waals surface area (Å²) in [5, 5.41) is 3.58. The minimum absolute atomic E-state index is 0.103. The predicted octanol–water partition coefficient (Wildman–Crippen LogP) is 4.00. The Balaban J connectivity index is 1.76. The number of halogens is 2. The summed E-state index contributed by atoms with van der Waals surface area (Å²) in [6.45, 7) is 0.249. The zero-order valence-electron chi connectivity index (χ0n) is 14.8. The lowest BCUT2D eigenvalue weighted by molar-refractivity contribution is -0.122. The Morgan fingerprint density at radius 1 is 1.15 bits per heavy atom. The molecule has 0 aromatic heterocycles. The SMILES string of the molecule is COc1ccc(N2CC(C(=O)Nc3ccc(Cl)cc3Cl)CC2=O)c(OC)c1. The number of benzene rings is 2. The van der Waals surface area contributed by atoms with E-state index in [0.29, 0.717) is 32.9 Å². The average Bonchev–Trinajstić information content (AvgIpc) is 3.05. The molecular weight excluding hydrogens is 391 g/mol. The van der Waals surface area contributed by atoms with Crippen LogP contribution < -0.4 is 19.7 Å². The van der Waals surface area contributed by atoms with Crippen molar-refractivity contribution in [3.8, 4) is 11.5 Å². The van der Waals surface area contributed by atoms with E-state index in [4.69, 9.17) is 32.7 Å². The number of carbonyl (C=O) groups excluding carboxylic acids is 2. The summed E-state index contributed by atoms with van der Waals surface area (Å²) in [7, 11) is 3.07. The number of hydrogen-bond acceptors (Lipinski definition) is 4. The topological polar surface area (TPSA) is 67.9 Å². The summed E-state index contributed by atoms with van der Waals surface area (Å²) < 4.78 is 10.5. The van der Waals surface area contributed by atoms with Crippen molar-refractivity contribution in [2.75, 3.05) is 31.0 Å². The molecule has 1 aliphatic rings. The molecule has 2 amide bonds. The number of methoxy groups -OCH3 is 2. The third-order valence-corrected chi connectivity index (χ3v) is 4.91. The van der Waals surface area contributed by atoms with E-state index < -0.39 is 5.92 Å². The minimum Gasteiger partial charge on any atom is -0.497 e. The van der Waals surface area contributed by atoms with E-state index >= 15 is 0 Å². The molecule has 1 aliphatic heterocycles. The second-order valence-corrected chi connectivity index (χ2v) is 6.90. The zero-order valence-corrected chi connectivity index (χ0v) is 16.3. The Morgan fingerprint density at radius 2 is 1.93 bits per heavy atom. The largest absolute Gasteiger partial charge is 0.497 e. The van der Waals surface area contributed by atoms with E-state index in [0.717, 1.165) is 0 Å². The Morgan fingerprint density at radius 3 is 2.59 bits per heavy atom. The van der Waals surface area contributed by atoms with Crippen LogP contribution in [0.2, 0.25) is 10.0 Å². The molecule has 27 heavy (non-hydrogen) atoms. The number of nitrogens with zero attached hydrogens (tertiary/aromatic N) is 1. The lowest BCUT2D eigenvalue weighted by atomic mass is 10.1. The Labute approximate surface area is 167 Å². The number of anilines is 2. The van der Waals surface area contributed by atoms with Gasteiger partial charge in [0.2, 0.25) is 11.8 Å². The Hall–Kier alpha value is -2.44. The van der Waals surface area contributed by atoms with Gasteiger partial charge >= 0.3 is 0 Å². The third kappa shape index (κ3) is 4.12. The van der Waals surface area contributed by atoms with Crippen molar-refractivity contribution >= 4 is 46.4 Å².